The van der Waals surface area contributed by atoms with Crippen molar-refractivity contribution in [2.24, 2.45) is 0 Å². The lowest BCUT2D eigenvalue weighted by Gasteiger charge is -2.32. The first kappa shape index (κ1) is 23.9. The van der Waals surface area contributed by atoms with Gasteiger partial charge in [0.15, 0.2) is 4.34 Å². The van der Waals surface area contributed by atoms with Gasteiger partial charge in [-0.3, -0.25) is 15.1 Å². The first-order valence-electron chi connectivity index (χ1n) is 10.4. The molecule has 174 valence electrons. The maximum Gasteiger partial charge on any atom is 0.259 e. The summed E-state index contributed by atoms with van der Waals surface area (Å²) in [5.74, 6) is 0.147. The van der Waals surface area contributed by atoms with Gasteiger partial charge in [0, 0.05) is 28.3 Å². The van der Waals surface area contributed by atoms with Crippen LogP contribution in [-0.2, 0) is 0 Å². The number of amides is 1. The highest BCUT2D eigenvalue weighted by Crippen LogP contribution is 2.39. The summed E-state index contributed by atoms with van der Waals surface area (Å²) in [5.41, 5.74) is 1.82. The van der Waals surface area contributed by atoms with E-state index >= 15 is 0 Å². The minimum atomic E-state index is -0.571. The minimum Gasteiger partial charge on any atom is -0.494 e. The number of rotatable bonds is 6. The van der Waals surface area contributed by atoms with Crippen LogP contribution in [0.4, 0.5) is 5.13 Å². The molecule has 0 bridgehead atoms. The number of aromatic nitrogens is 4. The van der Waals surface area contributed by atoms with Gasteiger partial charge in [-0.25, -0.2) is 4.98 Å². The van der Waals surface area contributed by atoms with Crippen molar-refractivity contribution >= 4 is 45.7 Å². The van der Waals surface area contributed by atoms with Gasteiger partial charge in [0.05, 0.1) is 24.5 Å². The SMILES string of the molecule is COc1cnc(Cl)cc1-c1cc(C)ncc1C(=O)Nc1nnc(SC2CCC(C)(O)CC2)s1. The number of aliphatic hydroxyl groups is 1. The number of thioether (sulfide) groups is 1. The van der Waals surface area contributed by atoms with Gasteiger partial charge in [-0.2, -0.15) is 0 Å². The molecule has 0 aliphatic heterocycles. The van der Waals surface area contributed by atoms with Crippen molar-refractivity contribution in [3.05, 3.63) is 40.9 Å². The molecule has 3 heterocycles. The Balaban J connectivity index is 1.52. The number of nitrogens with one attached hydrogen (secondary N) is 1. The van der Waals surface area contributed by atoms with Crippen LogP contribution < -0.4 is 10.1 Å². The Hall–Kier alpha value is -2.27. The first-order valence-corrected chi connectivity index (χ1v) is 12.5. The Kier molecular flexibility index (Phi) is 7.18. The molecule has 3 aromatic rings. The maximum absolute atomic E-state index is 13.1. The van der Waals surface area contributed by atoms with Crippen molar-refractivity contribution < 1.29 is 14.6 Å². The van der Waals surface area contributed by atoms with Crippen molar-refractivity contribution in [3.8, 4) is 16.9 Å². The molecule has 3 aromatic heterocycles. The predicted octanol–water partition coefficient (Wildman–Crippen LogP) is 5.00. The second-order valence-electron chi connectivity index (χ2n) is 8.22. The van der Waals surface area contributed by atoms with Crippen LogP contribution in [0.15, 0.2) is 28.9 Å². The van der Waals surface area contributed by atoms with E-state index in [4.69, 9.17) is 16.3 Å². The molecule has 1 aliphatic carbocycles. The lowest BCUT2D eigenvalue weighted by molar-refractivity contribution is 0.0240. The second kappa shape index (κ2) is 9.92. The summed E-state index contributed by atoms with van der Waals surface area (Å²) in [7, 11) is 1.54. The molecule has 4 rings (SSSR count). The second-order valence-corrected chi connectivity index (χ2v) is 11.1. The van der Waals surface area contributed by atoms with Gasteiger partial charge < -0.3 is 9.84 Å². The van der Waals surface area contributed by atoms with Crippen LogP contribution in [0.3, 0.4) is 0 Å². The van der Waals surface area contributed by atoms with Gasteiger partial charge in [-0.05, 0) is 51.7 Å². The van der Waals surface area contributed by atoms with Crippen LogP contribution in [0.2, 0.25) is 5.15 Å². The summed E-state index contributed by atoms with van der Waals surface area (Å²) in [6.07, 6.45) is 6.45. The van der Waals surface area contributed by atoms with Crippen molar-refractivity contribution in [3.63, 3.8) is 0 Å². The third kappa shape index (κ3) is 5.81. The zero-order valence-corrected chi connectivity index (χ0v) is 20.9. The monoisotopic (exact) mass is 505 g/mol. The maximum atomic E-state index is 13.1. The number of carbonyl (C=O) groups is 1. The van der Waals surface area contributed by atoms with Crippen molar-refractivity contribution in [1.82, 2.24) is 20.2 Å². The van der Waals surface area contributed by atoms with Crippen molar-refractivity contribution in [2.75, 3.05) is 12.4 Å². The zero-order valence-electron chi connectivity index (χ0n) is 18.5. The Bertz CT molecular complexity index is 1160. The number of halogens is 1. The largest absolute Gasteiger partial charge is 0.494 e. The third-order valence-electron chi connectivity index (χ3n) is 5.53. The number of nitrogens with zero attached hydrogens (tertiary/aromatic N) is 4. The van der Waals surface area contributed by atoms with Gasteiger partial charge in [0.25, 0.3) is 5.91 Å². The number of methoxy groups -OCH3 is 1. The molecule has 0 radical (unpaired) electrons. The van der Waals surface area contributed by atoms with Gasteiger partial charge in [-0.1, -0.05) is 34.7 Å². The van der Waals surface area contributed by atoms with Crippen LogP contribution in [0.1, 0.15) is 48.7 Å². The molecule has 0 atom stereocenters. The Morgan fingerprint density at radius 3 is 2.73 bits per heavy atom. The standard InChI is InChI=1S/C22H24ClN5O3S2/c1-12-8-14(15-9-18(23)25-11-17(15)31-3)16(10-24-12)19(29)26-20-27-28-21(33-20)32-13-4-6-22(2,30)7-5-13/h8-11,13,30H,4-7H2,1-3H3,(H,26,27,29). The molecule has 0 spiro atoms. The quantitative estimate of drug-likeness (QED) is 0.355. The Labute approximate surface area is 205 Å². The number of hydrogen-bond donors (Lipinski definition) is 2. The molecular weight excluding hydrogens is 482 g/mol. The van der Waals surface area contributed by atoms with Gasteiger partial charge >= 0.3 is 0 Å². The molecule has 0 saturated heterocycles. The average Bonchev–Trinajstić information content (AvgIpc) is 3.21. The van der Waals surface area contributed by atoms with E-state index in [0.717, 1.165) is 35.7 Å². The van der Waals surface area contributed by atoms with E-state index in [-0.39, 0.29) is 5.91 Å². The fourth-order valence-corrected chi connectivity index (χ4v) is 6.01. The van der Waals surface area contributed by atoms with Crippen molar-refractivity contribution in [2.45, 2.75) is 54.7 Å². The van der Waals surface area contributed by atoms with Gasteiger partial charge in [0.2, 0.25) is 5.13 Å². The number of aryl methyl sites for hydroxylation is 1. The highest BCUT2D eigenvalue weighted by atomic mass is 35.5. The number of hydrogen-bond acceptors (Lipinski definition) is 9. The molecule has 1 saturated carbocycles. The Morgan fingerprint density at radius 2 is 2.00 bits per heavy atom. The fraction of sp³-hybridized carbons (Fsp3) is 0.409. The molecule has 1 amide bonds. The van der Waals surface area contributed by atoms with Crippen LogP contribution in [0.25, 0.3) is 11.1 Å². The molecule has 2 N–H and O–H groups in total. The molecule has 8 nitrogen and oxygen atoms in total. The molecule has 0 unspecified atom stereocenters. The van der Waals surface area contributed by atoms with E-state index in [1.54, 1.807) is 17.8 Å². The van der Waals surface area contributed by atoms with Crippen molar-refractivity contribution in [1.29, 1.82) is 0 Å². The van der Waals surface area contributed by atoms with E-state index in [0.29, 0.717) is 38.0 Å². The van der Waals surface area contributed by atoms with E-state index < -0.39 is 5.60 Å². The minimum absolute atomic E-state index is 0.293. The summed E-state index contributed by atoms with van der Waals surface area (Å²) < 4.78 is 6.22. The summed E-state index contributed by atoms with van der Waals surface area (Å²) in [6.45, 7) is 3.73. The lowest BCUT2D eigenvalue weighted by Crippen LogP contribution is -2.31. The number of anilines is 1. The third-order valence-corrected chi connectivity index (χ3v) is 8.00. The van der Waals surface area contributed by atoms with E-state index in [1.165, 1.54) is 30.8 Å². The zero-order chi connectivity index (χ0) is 23.6. The topological polar surface area (TPSA) is 110 Å². The molecule has 1 aliphatic rings. The van der Waals surface area contributed by atoms with Gasteiger partial charge in [0.1, 0.15) is 10.9 Å². The van der Waals surface area contributed by atoms with E-state index in [2.05, 4.69) is 25.5 Å². The van der Waals surface area contributed by atoms with Crippen LogP contribution in [-0.4, -0.2) is 49.1 Å². The first-order chi connectivity index (χ1) is 15.7. The average molecular weight is 506 g/mol. The molecular formula is C22H24ClN5O3S2. The number of carbonyl (C=O) groups excluding carboxylic acids is 1. The molecule has 11 heteroatoms. The Morgan fingerprint density at radius 1 is 1.24 bits per heavy atom. The molecule has 0 aromatic carbocycles. The highest BCUT2D eigenvalue weighted by Gasteiger charge is 2.30. The summed E-state index contributed by atoms with van der Waals surface area (Å²) in [4.78, 5) is 21.5. The summed E-state index contributed by atoms with van der Waals surface area (Å²) in [6, 6.07) is 3.47. The number of ether oxygens (including phenoxy) is 1. The van der Waals surface area contributed by atoms with Gasteiger partial charge in [-0.15, -0.1) is 10.2 Å². The summed E-state index contributed by atoms with van der Waals surface area (Å²) in [5, 5.41) is 22.4. The summed E-state index contributed by atoms with van der Waals surface area (Å²) >= 11 is 9.09. The predicted molar refractivity (Wildman–Crippen MR) is 130 cm³/mol. The van der Waals surface area contributed by atoms with Crippen LogP contribution >= 0.6 is 34.7 Å². The fourth-order valence-electron chi connectivity index (χ4n) is 3.70. The van der Waals surface area contributed by atoms with E-state index in [1.807, 2.05) is 19.9 Å². The number of pyridine rings is 2. The molecule has 1 fully saturated rings. The lowest BCUT2D eigenvalue weighted by atomic mass is 9.86. The van der Waals surface area contributed by atoms with E-state index in [9.17, 15) is 9.90 Å². The van der Waals surface area contributed by atoms with Crippen LogP contribution in [0, 0.1) is 6.92 Å². The normalized spacial score (nSPS) is 20.5. The smallest absolute Gasteiger partial charge is 0.259 e. The highest BCUT2D eigenvalue weighted by molar-refractivity contribution is 8.01. The van der Waals surface area contributed by atoms with Crippen LogP contribution in [0.5, 0.6) is 5.75 Å². The molecule has 33 heavy (non-hydrogen) atoms.